The predicted octanol–water partition coefficient (Wildman–Crippen LogP) is 1.94. The zero-order chi connectivity index (χ0) is 12.8. The van der Waals surface area contributed by atoms with E-state index in [1.54, 1.807) is 17.8 Å². The van der Waals surface area contributed by atoms with Gasteiger partial charge in [-0.05, 0) is 19.8 Å². The first-order valence-corrected chi connectivity index (χ1v) is 6.91. The van der Waals surface area contributed by atoms with Gasteiger partial charge < -0.3 is 10.7 Å². The number of aryl methyl sites for hydroxylation is 1. The van der Waals surface area contributed by atoms with Crippen LogP contribution in [0.4, 0.5) is 0 Å². The largest absolute Gasteiger partial charge is 0.328 e. The smallest absolute Gasteiger partial charge is 0.251 e. The Morgan fingerprint density at radius 3 is 2.82 bits per heavy atom. The van der Waals surface area contributed by atoms with Crippen LogP contribution in [0, 0.1) is 0 Å². The van der Waals surface area contributed by atoms with Crippen molar-refractivity contribution in [2.75, 3.05) is 0 Å². The summed E-state index contributed by atoms with van der Waals surface area (Å²) in [6.45, 7) is 6.16. The first kappa shape index (κ1) is 14.3. The Hall–Kier alpha value is -0.810. The minimum absolute atomic E-state index is 0.0704. The maximum Gasteiger partial charge on any atom is 0.251 e. The average molecular weight is 255 g/mol. The number of rotatable bonds is 6. The Balaban J connectivity index is 2.73. The summed E-state index contributed by atoms with van der Waals surface area (Å²) in [4.78, 5) is 18.7. The highest BCUT2D eigenvalue weighted by atomic mass is 32.2. The molecule has 0 radical (unpaired) electrons. The van der Waals surface area contributed by atoms with Crippen LogP contribution in [0.25, 0.3) is 0 Å². The van der Waals surface area contributed by atoms with Gasteiger partial charge in [-0.3, -0.25) is 4.79 Å². The molecule has 1 aromatic rings. The molecule has 96 valence electrons. The van der Waals surface area contributed by atoms with Gasteiger partial charge in [-0.1, -0.05) is 32.0 Å². The zero-order valence-corrected chi connectivity index (χ0v) is 11.5. The van der Waals surface area contributed by atoms with Crippen LogP contribution in [0.2, 0.25) is 0 Å². The van der Waals surface area contributed by atoms with E-state index in [0.29, 0.717) is 10.4 Å². The number of hydrogen-bond acceptors (Lipinski definition) is 4. The maximum atomic E-state index is 11.5. The van der Waals surface area contributed by atoms with Gasteiger partial charge in [-0.2, -0.15) is 0 Å². The summed E-state index contributed by atoms with van der Waals surface area (Å²) >= 11 is 1.58. The summed E-state index contributed by atoms with van der Waals surface area (Å²) in [6.07, 6.45) is 2.75. The SMILES string of the molecule is CCCc1cc(=O)[nH]c(SC(C)CC(C)N)n1. The van der Waals surface area contributed by atoms with Crippen LogP contribution in [0.1, 0.15) is 39.3 Å². The molecular formula is C12H21N3OS. The van der Waals surface area contributed by atoms with E-state index in [4.69, 9.17) is 5.73 Å². The molecule has 1 rings (SSSR count). The summed E-state index contributed by atoms with van der Waals surface area (Å²) in [6, 6.07) is 1.74. The molecule has 2 unspecified atom stereocenters. The fraction of sp³-hybridized carbons (Fsp3) is 0.667. The summed E-state index contributed by atoms with van der Waals surface area (Å²) in [7, 11) is 0. The van der Waals surface area contributed by atoms with E-state index in [1.807, 2.05) is 6.92 Å². The molecule has 2 atom stereocenters. The molecule has 4 nitrogen and oxygen atoms in total. The Labute approximate surface area is 106 Å². The molecule has 0 saturated heterocycles. The minimum Gasteiger partial charge on any atom is -0.328 e. The Morgan fingerprint density at radius 2 is 2.24 bits per heavy atom. The third kappa shape index (κ3) is 5.37. The molecular weight excluding hydrogens is 234 g/mol. The van der Waals surface area contributed by atoms with Gasteiger partial charge in [0.2, 0.25) is 0 Å². The normalized spacial score (nSPS) is 14.6. The van der Waals surface area contributed by atoms with Crippen molar-refractivity contribution in [1.82, 2.24) is 9.97 Å². The Morgan fingerprint density at radius 1 is 1.53 bits per heavy atom. The van der Waals surface area contributed by atoms with Crippen molar-refractivity contribution in [2.45, 2.75) is 56.5 Å². The van der Waals surface area contributed by atoms with E-state index in [0.717, 1.165) is 25.0 Å². The number of H-pyrrole nitrogens is 1. The molecule has 0 saturated carbocycles. The molecule has 0 bridgehead atoms. The molecule has 1 heterocycles. The van der Waals surface area contributed by atoms with Gasteiger partial charge in [0.15, 0.2) is 5.16 Å². The Kier molecular flexibility index (Phi) is 5.71. The third-order valence-electron chi connectivity index (χ3n) is 2.30. The standard InChI is InChI=1S/C12H21N3OS/c1-4-5-10-7-11(16)15-12(14-10)17-9(3)6-8(2)13/h7-9H,4-6,13H2,1-3H3,(H,14,15,16). The molecule has 0 spiro atoms. The first-order valence-electron chi connectivity index (χ1n) is 6.03. The lowest BCUT2D eigenvalue weighted by atomic mass is 10.2. The topological polar surface area (TPSA) is 71.8 Å². The number of aromatic nitrogens is 2. The van der Waals surface area contributed by atoms with Gasteiger partial charge in [0.25, 0.3) is 5.56 Å². The van der Waals surface area contributed by atoms with Crippen molar-refractivity contribution < 1.29 is 0 Å². The molecule has 0 aliphatic heterocycles. The summed E-state index contributed by atoms with van der Waals surface area (Å²) in [5, 5.41) is 1.06. The van der Waals surface area contributed by atoms with Crippen LogP contribution >= 0.6 is 11.8 Å². The van der Waals surface area contributed by atoms with Crippen LogP contribution in [0.15, 0.2) is 16.0 Å². The number of nitrogens with zero attached hydrogens (tertiary/aromatic N) is 1. The molecule has 5 heteroatoms. The maximum absolute atomic E-state index is 11.5. The number of thioether (sulfide) groups is 1. The highest BCUT2D eigenvalue weighted by Gasteiger charge is 2.09. The van der Waals surface area contributed by atoms with Crippen molar-refractivity contribution in [3.63, 3.8) is 0 Å². The number of hydrogen-bond donors (Lipinski definition) is 2. The van der Waals surface area contributed by atoms with Crippen molar-refractivity contribution >= 4 is 11.8 Å². The van der Waals surface area contributed by atoms with Crippen molar-refractivity contribution in [3.05, 3.63) is 22.1 Å². The monoisotopic (exact) mass is 255 g/mol. The van der Waals surface area contributed by atoms with Crippen molar-refractivity contribution in [2.24, 2.45) is 5.73 Å². The molecule has 1 aromatic heterocycles. The van der Waals surface area contributed by atoms with E-state index >= 15 is 0 Å². The van der Waals surface area contributed by atoms with Crippen LogP contribution < -0.4 is 11.3 Å². The highest BCUT2D eigenvalue weighted by molar-refractivity contribution is 7.99. The van der Waals surface area contributed by atoms with Gasteiger partial charge in [0, 0.05) is 23.1 Å². The fourth-order valence-electron chi connectivity index (χ4n) is 1.69. The second-order valence-electron chi connectivity index (χ2n) is 4.43. The zero-order valence-electron chi connectivity index (χ0n) is 10.7. The number of nitrogens with two attached hydrogens (primary N) is 1. The lowest BCUT2D eigenvalue weighted by Gasteiger charge is -2.12. The van der Waals surface area contributed by atoms with Crippen LogP contribution in [-0.4, -0.2) is 21.3 Å². The molecule has 0 fully saturated rings. The van der Waals surface area contributed by atoms with E-state index in [2.05, 4.69) is 23.8 Å². The quantitative estimate of drug-likeness (QED) is 0.602. The molecule has 0 aromatic carbocycles. The summed E-state index contributed by atoms with van der Waals surface area (Å²) in [5.41, 5.74) is 6.55. The van der Waals surface area contributed by atoms with Gasteiger partial charge in [-0.25, -0.2) is 4.98 Å². The van der Waals surface area contributed by atoms with Crippen LogP contribution in [0.5, 0.6) is 0 Å². The van der Waals surface area contributed by atoms with Gasteiger partial charge in [0.1, 0.15) is 0 Å². The minimum atomic E-state index is -0.0704. The second-order valence-corrected chi connectivity index (χ2v) is 5.86. The van der Waals surface area contributed by atoms with Gasteiger partial charge >= 0.3 is 0 Å². The van der Waals surface area contributed by atoms with Gasteiger partial charge in [0.05, 0.1) is 0 Å². The van der Waals surface area contributed by atoms with E-state index in [-0.39, 0.29) is 11.6 Å². The van der Waals surface area contributed by atoms with Crippen LogP contribution in [-0.2, 0) is 6.42 Å². The predicted molar refractivity (Wildman–Crippen MR) is 72.4 cm³/mol. The van der Waals surface area contributed by atoms with E-state index in [1.165, 1.54) is 0 Å². The molecule has 17 heavy (non-hydrogen) atoms. The lowest BCUT2D eigenvalue weighted by Crippen LogP contribution is -2.20. The molecule has 3 N–H and O–H groups in total. The van der Waals surface area contributed by atoms with E-state index < -0.39 is 0 Å². The van der Waals surface area contributed by atoms with Crippen molar-refractivity contribution in [1.29, 1.82) is 0 Å². The van der Waals surface area contributed by atoms with Crippen LogP contribution in [0.3, 0.4) is 0 Å². The lowest BCUT2D eigenvalue weighted by molar-refractivity contribution is 0.661. The molecule has 0 amide bonds. The van der Waals surface area contributed by atoms with Gasteiger partial charge in [-0.15, -0.1) is 0 Å². The highest BCUT2D eigenvalue weighted by Crippen LogP contribution is 2.21. The Bertz CT molecular complexity index is 403. The first-order chi connectivity index (χ1) is 8.01. The van der Waals surface area contributed by atoms with E-state index in [9.17, 15) is 4.79 Å². The summed E-state index contributed by atoms with van der Waals surface area (Å²) in [5.74, 6) is 0. The fourth-order valence-corrected chi connectivity index (χ4v) is 2.80. The van der Waals surface area contributed by atoms with Crippen molar-refractivity contribution in [3.8, 4) is 0 Å². The third-order valence-corrected chi connectivity index (χ3v) is 3.31. The molecule has 0 aliphatic carbocycles. The number of nitrogens with one attached hydrogen (secondary N) is 1. The number of aromatic amines is 1. The average Bonchev–Trinajstić information content (AvgIpc) is 2.14. The molecule has 0 aliphatic rings. The second kappa shape index (κ2) is 6.81. The summed E-state index contributed by atoms with van der Waals surface area (Å²) < 4.78 is 0.